The summed E-state index contributed by atoms with van der Waals surface area (Å²) < 4.78 is 6.21. The molecular weight excluding hydrogens is 298 g/mol. The van der Waals surface area contributed by atoms with Crippen molar-refractivity contribution in [1.29, 1.82) is 0 Å². The first-order valence-electron chi connectivity index (χ1n) is 7.39. The van der Waals surface area contributed by atoms with Gasteiger partial charge in [-0.1, -0.05) is 17.9 Å². The molecule has 6 heteroatoms. The van der Waals surface area contributed by atoms with E-state index >= 15 is 0 Å². The molecule has 0 atom stereocenters. The van der Waals surface area contributed by atoms with E-state index in [1.54, 1.807) is 24.5 Å². The lowest BCUT2D eigenvalue weighted by Crippen LogP contribution is -2.29. The van der Waals surface area contributed by atoms with Gasteiger partial charge >= 0.3 is 0 Å². The lowest BCUT2D eigenvalue weighted by Gasteiger charge is -2.25. The van der Waals surface area contributed by atoms with Crippen molar-refractivity contribution in [3.05, 3.63) is 30.5 Å². The highest BCUT2D eigenvalue weighted by Crippen LogP contribution is 2.36. The second-order valence-corrected chi connectivity index (χ2v) is 6.19. The Kier molecular flexibility index (Phi) is 4.29. The van der Waals surface area contributed by atoms with E-state index in [2.05, 4.69) is 16.8 Å². The highest BCUT2D eigenvalue weighted by atomic mass is 32.1. The van der Waals surface area contributed by atoms with Crippen molar-refractivity contribution in [1.82, 2.24) is 10.3 Å². The number of carbonyl (C=O) groups excluding carboxylic acids is 1. The normalized spacial score (nSPS) is 14.9. The molecule has 1 aliphatic rings. The van der Waals surface area contributed by atoms with E-state index < -0.39 is 0 Å². The molecule has 1 aliphatic heterocycles. The molecule has 116 valence electrons. The zero-order chi connectivity index (χ0) is 15.5. The number of carbonyl (C=O) groups is 1. The van der Waals surface area contributed by atoms with E-state index in [0.29, 0.717) is 11.3 Å². The van der Waals surface area contributed by atoms with Crippen molar-refractivity contribution in [2.24, 2.45) is 0 Å². The molecule has 0 spiro atoms. The van der Waals surface area contributed by atoms with Crippen LogP contribution in [0.25, 0.3) is 10.2 Å². The van der Waals surface area contributed by atoms with Crippen LogP contribution in [-0.2, 0) is 0 Å². The Labute approximate surface area is 133 Å². The maximum absolute atomic E-state index is 12.3. The number of amides is 1. The highest BCUT2D eigenvalue weighted by Gasteiger charge is 2.21. The molecule has 0 unspecified atom stereocenters. The van der Waals surface area contributed by atoms with Crippen molar-refractivity contribution >= 4 is 32.6 Å². The molecule has 1 saturated heterocycles. The number of piperidine rings is 1. The second kappa shape index (κ2) is 6.36. The van der Waals surface area contributed by atoms with Crippen LogP contribution in [0, 0.1) is 0 Å². The van der Waals surface area contributed by atoms with Gasteiger partial charge in [-0.15, -0.1) is 0 Å². The standard InChI is InChI=1S/C16H19N3O2S/c1-3-17-15(20)13-12(21-2)8-7-11-14(13)22-16(18-11)19-9-5-4-6-10-19/h3,7-8H,1,4-6,9-10H2,2H3,(H,17,20). The van der Waals surface area contributed by atoms with Gasteiger partial charge in [0.15, 0.2) is 5.13 Å². The van der Waals surface area contributed by atoms with Crippen molar-refractivity contribution in [2.75, 3.05) is 25.1 Å². The fraction of sp³-hybridized carbons (Fsp3) is 0.375. The van der Waals surface area contributed by atoms with E-state index in [-0.39, 0.29) is 5.91 Å². The summed E-state index contributed by atoms with van der Waals surface area (Å²) in [6.45, 7) is 5.61. The number of nitrogens with zero attached hydrogens (tertiary/aromatic N) is 2. The highest BCUT2D eigenvalue weighted by molar-refractivity contribution is 7.22. The molecule has 0 aliphatic carbocycles. The van der Waals surface area contributed by atoms with E-state index in [0.717, 1.165) is 28.4 Å². The number of aromatic nitrogens is 1. The second-order valence-electron chi connectivity index (χ2n) is 5.21. The first-order chi connectivity index (χ1) is 10.7. The van der Waals surface area contributed by atoms with E-state index in [1.807, 2.05) is 6.07 Å². The van der Waals surface area contributed by atoms with Gasteiger partial charge in [0.2, 0.25) is 0 Å². The van der Waals surface area contributed by atoms with E-state index in [1.165, 1.54) is 25.5 Å². The summed E-state index contributed by atoms with van der Waals surface area (Å²) in [7, 11) is 1.57. The Hall–Kier alpha value is -2.08. The van der Waals surface area contributed by atoms with Gasteiger partial charge < -0.3 is 15.0 Å². The third kappa shape index (κ3) is 2.66. The molecule has 1 fully saturated rings. The number of rotatable bonds is 4. The van der Waals surface area contributed by atoms with Crippen LogP contribution in [0.2, 0.25) is 0 Å². The average Bonchev–Trinajstić information content (AvgIpc) is 2.98. The molecule has 3 rings (SSSR count). The quantitative estimate of drug-likeness (QED) is 0.941. The Bertz CT molecular complexity index is 705. The molecule has 0 saturated carbocycles. The lowest BCUT2D eigenvalue weighted by atomic mass is 10.1. The SMILES string of the molecule is C=CNC(=O)c1c(OC)ccc2nc(N3CCCCC3)sc12. The molecule has 1 amide bonds. The van der Waals surface area contributed by atoms with Crippen molar-refractivity contribution < 1.29 is 9.53 Å². The van der Waals surface area contributed by atoms with Gasteiger partial charge in [-0.05, 0) is 37.6 Å². The predicted octanol–water partition coefficient (Wildman–Crippen LogP) is 3.17. The first kappa shape index (κ1) is 14.8. The fourth-order valence-electron chi connectivity index (χ4n) is 2.73. The van der Waals surface area contributed by atoms with Gasteiger partial charge in [-0.2, -0.15) is 0 Å². The van der Waals surface area contributed by atoms with Gasteiger partial charge in [-0.25, -0.2) is 4.98 Å². The molecule has 1 N–H and O–H groups in total. The average molecular weight is 317 g/mol. The molecule has 5 nitrogen and oxygen atoms in total. The predicted molar refractivity (Wildman–Crippen MR) is 89.9 cm³/mol. The first-order valence-corrected chi connectivity index (χ1v) is 8.20. The summed E-state index contributed by atoms with van der Waals surface area (Å²) in [5.74, 6) is 0.340. The van der Waals surface area contributed by atoms with E-state index in [4.69, 9.17) is 9.72 Å². The summed E-state index contributed by atoms with van der Waals surface area (Å²) in [6, 6.07) is 3.70. The number of ether oxygens (including phenoxy) is 1. The van der Waals surface area contributed by atoms with Gasteiger partial charge in [0.1, 0.15) is 11.3 Å². The van der Waals surface area contributed by atoms with Gasteiger partial charge in [-0.3, -0.25) is 4.79 Å². The lowest BCUT2D eigenvalue weighted by molar-refractivity contribution is 0.0969. The summed E-state index contributed by atoms with van der Waals surface area (Å²) in [5, 5.41) is 3.61. The maximum Gasteiger partial charge on any atom is 0.260 e. The third-order valence-corrected chi connectivity index (χ3v) is 4.96. The number of hydrogen-bond donors (Lipinski definition) is 1. The summed E-state index contributed by atoms with van der Waals surface area (Å²) in [6.07, 6.45) is 5.06. The fourth-order valence-corrected chi connectivity index (χ4v) is 3.88. The molecule has 0 bridgehead atoms. The van der Waals surface area contributed by atoms with Gasteiger partial charge in [0.25, 0.3) is 5.91 Å². The Balaban J connectivity index is 2.08. The Morgan fingerprint density at radius 1 is 1.41 bits per heavy atom. The molecule has 22 heavy (non-hydrogen) atoms. The van der Waals surface area contributed by atoms with Gasteiger partial charge in [0, 0.05) is 13.1 Å². The summed E-state index contributed by atoms with van der Waals surface area (Å²) in [4.78, 5) is 19.3. The largest absolute Gasteiger partial charge is 0.496 e. The summed E-state index contributed by atoms with van der Waals surface area (Å²) in [5.41, 5.74) is 1.36. The molecular formula is C16H19N3O2S. The van der Waals surface area contributed by atoms with Crippen LogP contribution in [0.3, 0.4) is 0 Å². The van der Waals surface area contributed by atoms with E-state index in [9.17, 15) is 4.79 Å². The monoisotopic (exact) mass is 317 g/mol. The van der Waals surface area contributed by atoms with Crippen LogP contribution in [0.1, 0.15) is 29.6 Å². The topological polar surface area (TPSA) is 54.5 Å². The van der Waals surface area contributed by atoms with Crippen LogP contribution in [0.5, 0.6) is 5.75 Å². The number of hydrogen-bond acceptors (Lipinski definition) is 5. The summed E-state index contributed by atoms with van der Waals surface area (Å²) >= 11 is 1.55. The Morgan fingerprint density at radius 3 is 2.86 bits per heavy atom. The number of benzene rings is 1. The number of fused-ring (bicyclic) bond motifs is 1. The van der Waals surface area contributed by atoms with Crippen LogP contribution in [0.15, 0.2) is 24.9 Å². The molecule has 0 radical (unpaired) electrons. The van der Waals surface area contributed by atoms with Crippen LogP contribution in [0.4, 0.5) is 5.13 Å². The van der Waals surface area contributed by atoms with Crippen LogP contribution in [-0.4, -0.2) is 31.1 Å². The van der Waals surface area contributed by atoms with Crippen molar-refractivity contribution in [3.63, 3.8) is 0 Å². The molecule has 2 heterocycles. The number of methoxy groups -OCH3 is 1. The third-order valence-electron chi connectivity index (χ3n) is 3.81. The van der Waals surface area contributed by atoms with Crippen LogP contribution >= 0.6 is 11.3 Å². The zero-order valence-electron chi connectivity index (χ0n) is 12.6. The Morgan fingerprint density at radius 2 is 2.18 bits per heavy atom. The van der Waals surface area contributed by atoms with Crippen LogP contribution < -0.4 is 15.0 Å². The minimum Gasteiger partial charge on any atom is -0.496 e. The molecule has 1 aromatic heterocycles. The van der Waals surface area contributed by atoms with Crippen molar-refractivity contribution in [3.8, 4) is 5.75 Å². The number of thiazole rings is 1. The maximum atomic E-state index is 12.3. The molecule has 2 aromatic rings. The number of anilines is 1. The zero-order valence-corrected chi connectivity index (χ0v) is 13.4. The van der Waals surface area contributed by atoms with Crippen molar-refractivity contribution in [2.45, 2.75) is 19.3 Å². The minimum atomic E-state index is -0.216. The molecule has 1 aromatic carbocycles. The van der Waals surface area contributed by atoms with Gasteiger partial charge in [0.05, 0.1) is 17.3 Å². The minimum absolute atomic E-state index is 0.216. The number of nitrogens with one attached hydrogen (secondary N) is 1. The smallest absolute Gasteiger partial charge is 0.260 e.